The Bertz CT molecular complexity index is 319. The molecule has 0 aromatic heterocycles. The summed E-state index contributed by atoms with van der Waals surface area (Å²) in [6.45, 7) is 19.7. The first-order valence-corrected chi connectivity index (χ1v) is 8.43. The summed E-state index contributed by atoms with van der Waals surface area (Å²) in [5, 5.41) is 0. The lowest BCUT2D eigenvalue weighted by molar-refractivity contribution is -0.0771. The number of hydrogen-bond donors (Lipinski definition) is 0. The number of rotatable bonds is 4. The largest absolute Gasteiger partial charge is 0.379 e. The van der Waals surface area contributed by atoms with Gasteiger partial charge in [0.05, 0.1) is 25.9 Å². The Labute approximate surface area is 130 Å². The summed E-state index contributed by atoms with van der Waals surface area (Å²) in [7, 11) is 0. The van der Waals surface area contributed by atoms with Crippen molar-refractivity contribution in [3.63, 3.8) is 0 Å². The van der Waals surface area contributed by atoms with E-state index in [0.717, 1.165) is 59.0 Å². The molecule has 2 aliphatic rings. The average molecular weight is 298 g/mol. The second-order valence-electron chi connectivity index (χ2n) is 8.37. The van der Waals surface area contributed by atoms with Gasteiger partial charge in [0.1, 0.15) is 0 Å². The third kappa shape index (κ3) is 5.51. The van der Waals surface area contributed by atoms with E-state index in [9.17, 15) is 0 Å². The van der Waals surface area contributed by atoms with Gasteiger partial charge in [-0.3, -0.25) is 9.80 Å². The topological polar surface area (TPSA) is 24.9 Å². The van der Waals surface area contributed by atoms with Gasteiger partial charge in [-0.2, -0.15) is 0 Å². The number of ether oxygens (including phenoxy) is 2. The van der Waals surface area contributed by atoms with Crippen LogP contribution in [0.25, 0.3) is 0 Å². The van der Waals surface area contributed by atoms with Gasteiger partial charge >= 0.3 is 0 Å². The first-order chi connectivity index (χ1) is 9.76. The van der Waals surface area contributed by atoms with Gasteiger partial charge in [-0.25, -0.2) is 0 Å². The van der Waals surface area contributed by atoms with Crippen LogP contribution in [0.15, 0.2) is 0 Å². The molecule has 0 spiro atoms. The molecule has 0 radical (unpaired) electrons. The maximum Gasteiger partial charge on any atom is 0.0708 e. The second kappa shape index (κ2) is 6.95. The van der Waals surface area contributed by atoms with Crippen molar-refractivity contribution in [2.45, 2.75) is 52.7 Å². The van der Waals surface area contributed by atoms with E-state index in [1.54, 1.807) is 0 Å². The van der Waals surface area contributed by atoms with E-state index >= 15 is 0 Å². The molecule has 2 fully saturated rings. The molecule has 0 saturated carbocycles. The Morgan fingerprint density at radius 3 is 2.24 bits per heavy atom. The van der Waals surface area contributed by atoms with Crippen LogP contribution in [-0.2, 0) is 9.47 Å². The second-order valence-corrected chi connectivity index (χ2v) is 8.37. The fraction of sp³-hybridized carbons (Fsp3) is 1.00. The molecule has 2 aliphatic heterocycles. The first-order valence-electron chi connectivity index (χ1n) is 8.43. The van der Waals surface area contributed by atoms with Crippen molar-refractivity contribution in [2.75, 3.05) is 52.5 Å². The molecule has 2 heterocycles. The molecule has 21 heavy (non-hydrogen) atoms. The van der Waals surface area contributed by atoms with Gasteiger partial charge in [-0.05, 0) is 32.6 Å². The van der Waals surface area contributed by atoms with Crippen LogP contribution in [-0.4, -0.2) is 74.0 Å². The van der Waals surface area contributed by atoms with Crippen LogP contribution in [0.3, 0.4) is 0 Å². The van der Waals surface area contributed by atoms with Gasteiger partial charge in [-0.1, -0.05) is 13.8 Å². The minimum atomic E-state index is 0.246. The van der Waals surface area contributed by atoms with Crippen molar-refractivity contribution in [1.82, 2.24) is 9.80 Å². The summed E-state index contributed by atoms with van der Waals surface area (Å²) in [6, 6.07) is 0. The Balaban J connectivity index is 1.83. The van der Waals surface area contributed by atoms with E-state index in [4.69, 9.17) is 9.47 Å². The summed E-state index contributed by atoms with van der Waals surface area (Å²) in [4.78, 5) is 5.10. The zero-order chi connectivity index (χ0) is 15.5. The molecule has 2 rings (SSSR count). The van der Waals surface area contributed by atoms with Gasteiger partial charge in [0.25, 0.3) is 0 Å². The third-order valence-electron chi connectivity index (χ3n) is 4.62. The Hall–Kier alpha value is -0.160. The zero-order valence-corrected chi connectivity index (χ0v) is 14.7. The summed E-state index contributed by atoms with van der Waals surface area (Å²) >= 11 is 0. The highest BCUT2D eigenvalue weighted by Crippen LogP contribution is 2.28. The van der Waals surface area contributed by atoms with Crippen molar-refractivity contribution < 1.29 is 9.47 Å². The molecular formula is C17H34N2O2. The van der Waals surface area contributed by atoms with Crippen molar-refractivity contribution in [1.29, 1.82) is 0 Å². The van der Waals surface area contributed by atoms with Crippen LogP contribution in [0, 0.1) is 5.41 Å². The predicted molar refractivity (Wildman–Crippen MR) is 86.7 cm³/mol. The molecule has 4 nitrogen and oxygen atoms in total. The normalized spacial score (nSPS) is 27.0. The fourth-order valence-electron chi connectivity index (χ4n) is 3.50. The van der Waals surface area contributed by atoms with E-state index in [-0.39, 0.29) is 5.54 Å². The highest BCUT2D eigenvalue weighted by Gasteiger charge is 2.33. The average Bonchev–Trinajstić information content (AvgIpc) is 2.38. The highest BCUT2D eigenvalue weighted by molar-refractivity contribution is 4.86. The summed E-state index contributed by atoms with van der Waals surface area (Å²) in [5.74, 6) is 0. The van der Waals surface area contributed by atoms with Crippen molar-refractivity contribution >= 4 is 0 Å². The lowest BCUT2D eigenvalue weighted by Crippen LogP contribution is -2.52. The molecule has 1 atom stereocenters. The molecule has 0 bridgehead atoms. The minimum absolute atomic E-state index is 0.246. The van der Waals surface area contributed by atoms with E-state index in [0.29, 0.717) is 11.5 Å². The highest BCUT2D eigenvalue weighted by atomic mass is 16.5. The first kappa shape index (κ1) is 17.2. The van der Waals surface area contributed by atoms with Crippen LogP contribution < -0.4 is 0 Å². The molecule has 2 saturated heterocycles. The Morgan fingerprint density at radius 1 is 0.952 bits per heavy atom. The van der Waals surface area contributed by atoms with Gasteiger partial charge in [0.2, 0.25) is 0 Å². The minimum Gasteiger partial charge on any atom is -0.379 e. The summed E-state index contributed by atoms with van der Waals surface area (Å²) < 4.78 is 11.5. The lowest BCUT2D eigenvalue weighted by Gasteiger charge is -2.44. The fourth-order valence-corrected chi connectivity index (χ4v) is 3.50. The quantitative estimate of drug-likeness (QED) is 0.795. The van der Waals surface area contributed by atoms with Crippen molar-refractivity contribution in [3.8, 4) is 0 Å². The molecule has 0 aromatic rings. The van der Waals surface area contributed by atoms with Crippen LogP contribution >= 0.6 is 0 Å². The summed E-state index contributed by atoms with van der Waals surface area (Å²) in [6.07, 6.45) is 1.51. The number of nitrogens with zero attached hydrogens (tertiary/aromatic N) is 2. The lowest BCUT2D eigenvalue weighted by atomic mass is 9.85. The van der Waals surface area contributed by atoms with E-state index in [1.165, 1.54) is 0 Å². The molecule has 0 aliphatic carbocycles. The van der Waals surface area contributed by atoms with Crippen molar-refractivity contribution in [2.24, 2.45) is 5.41 Å². The van der Waals surface area contributed by atoms with Crippen LogP contribution in [0.4, 0.5) is 0 Å². The van der Waals surface area contributed by atoms with Gasteiger partial charge in [0, 0.05) is 38.3 Å². The molecule has 1 unspecified atom stereocenters. The van der Waals surface area contributed by atoms with Crippen LogP contribution in [0.5, 0.6) is 0 Å². The van der Waals surface area contributed by atoms with E-state index < -0.39 is 0 Å². The summed E-state index contributed by atoms with van der Waals surface area (Å²) in [5.41, 5.74) is 0.541. The zero-order valence-electron chi connectivity index (χ0n) is 14.7. The third-order valence-corrected chi connectivity index (χ3v) is 4.62. The maximum atomic E-state index is 6.04. The molecule has 0 amide bonds. The van der Waals surface area contributed by atoms with Crippen LogP contribution in [0.1, 0.15) is 41.0 Å². The SMILES string of the molecule is CC(C)(CC1CN(C(C)(C)C)CCO1)CN1CCOCC1. The van der Waals surface area contributed by atoms with E-state index in [2.05, 4.69) is 44.4 Å². The number of morpholine rings is 2. The predicted octanol–water partition coefficient (Wildman–Crippen LogP) is 2.23. The molecule has 4 heteroatoms. The standard InChI is InChI=1S/C17H34N2O2/c1-16(2,3)19-8-11-21-15(13-19)12-17(4,5)14-18-6-9-20-10-7-18/h15H,6-14H2,1-5H3. The van der Waals surface area contributed by atoms with Crippen LogP contribution in [0.2, 0.25) is 0 Å². The Morgan fingerprint density at radius 2 is 1.62 bits per heavy atom. The molecular weight excluding hydrogens is 264 g/mol. The van der Waals surface area contributed by atoms with Gasteiger partial charge in [0.15, 0.2) is 0 Å². The molecule has 124 valence electrons. The monoisotopic (exact) mass is 298 g/mol. The smallest absolute Gasteiger partial charge is 0.0708 e. The van der Waals surface area contributed by atoms with E-state index in [1.807, 2.05) is 0 Å². The Kier molecular flexibility index (Phi) is 5.69. The van der Waals surface area contributed by atoms with Crippen molar-refractivity contribution in [3.05, 3.63) is 0 Å². The number of hydrogen-bond acceptors (Lipinski definition) is 4. The maximum absolute atomic E-state index is 6.04. The molecule has 0 aromatic carbocycles. The molecule has 0 N–H and O–H groups in total. The van der Waals surface area contributed by atoms with Gasteiger partial charge < -0.3 is 9.47 Å². The van der Waals surface area contributed by atoms with Gasteiger partial charge in [-0.15, -0.1) is 0 Å².